The van der Waals surface area contributed by atoms with Crippen molar-refractivity contribution in [3.05, 3.63) is 48.8 Å². The van der Waals surface area contributed by atoms with Crippen LogP contribution in [0.2, 0.25) is 0 Å². The predicted octanol–water partition coefficient (Wildman–Crippen LogP) is 3.86. The van der Waals surface area contributed by atoms with Gasteiger partial charge in [0.2, 0.25) is 5.91 Å². The first-order chi connectivity index (χ1) is 13.7. The summed E-state index contributed by atoms with van der Waals surface area (Å²) in [4.78, 5) is 20.3. The Bertz CT molecular complexity index is 1140. The highest BCUT2D eigenvalue weighted by Gasteiger charge is 2.20. The zero-order chi connectivity index (χ0) is 19.1. The molecule has 5 rings (SSSR count). The summed E-state index contributed by atoms with van der Waals surface area (Å²) < 4.78 is 7.44. The molecule has 1 fully saturated rings. The maximum absolute atomic E-state index is 12.5. The molecule has 0 radical (unpaired) electrons. The van der Waals surface area contributed by atoms with Crippen molar-refractivity contribution in [2.24, 2.45) is 0 Å². The smallest absolute Gasteiger partial charge is 0.240 e. The number of rotatable bonds is 5. The molecule has 6 nitrogen and oxygen atoms in total. The highest BCUT2D eigenvalue weighted by molar-refractivity contribution is 5.99. The Morgan fingerprint density at radius 2 is 2.21 bits per heavy atom. The standard InChI is InChI=1S/C22H22N4O2/c1-28-16-7-8-20-17(11-16)18(19-10-14-4-3-9-23-22(14)25-19)12-26(20)13-21(27)24-15-5-2-6-15/h3-4,7-12,15H,2,5-6,13H2,1H3,(H,23,25)(H,24,27). The summed E-state index contributed by atoms with van der Waals surface area (Å²) in [5.74, 6) is 0.849. The maximum Gasteiger partial charge on any atom is 0.240 e. The lowest BCUT2D eigenvalue weighted by molar-refractivity contribution is -0.122. The molecule has 0 bridgehead atoms. The van der Waals surface area contributed by atoms with Crippen LogP contribution in [0.5, 0.6) is 5.75 Å². The minimum absolute atomic E-state index is 0.0577. The number of nitrogens with one attached hydrogen (secondary N) is 2. The number of carbonyl (C=O) groups excluding carboxylic acids is 1. The van der Waals surface area contributed by atoms with Gasteiger partial charge in [-0.05, 0) is 55.7 Å². The number of carbonyl (C=O) groups is 1. The van der Waals surface area contributed by atoms with E-state index in [1.54, 1.807) is 13.3 Å². The Kier molecular flexibility index (Phi) is 4.04. The van der Waals surface area contributed by atoms with Gasteiger partial charge in [-0.1, -0.05) is 0 Å². The molecule has 4 aromatic rings. The third kappa shape index (κ3) is 2.91. The van der Waals surface area contributed by atoms with Gasteiger partial charge in [-0.25, -0.2) is 4.98 Å². The van der Waals surface area contributed by atoms with Crippen molar-refractivity contribution >= 4 is 27.8 Å². The number of benzene rings is 1. The van der Waals surface area contributed by atoms with Crippen molar-refractivity contribution in [2.45, 2.75) is 31.8 Å². The van der Waals surface area contributed by atoms with Crippen molar-refractivity contribution in [3.63, 3.8) is 0 Å². The Labute approximate surface area is 162 Å². The molecule has 0 spiro atoms. The molecular formula is C22H22N4O2. The van der Waals surface area contributed by atoms with Gasteiger partial charge < -0.3 is 19.6 Å². The van der Waals surface area contributed by atoms with Crippen LogP contribution in [-0.2, 0) is 11.3 Å². The Morgan fingerprint density at radius 1 is 1.32 bits per heavy atom. The summed E-state index contributed by atoms with van der Waals surface area (Å²) in [6, 6.07) is 12.4. The zero-order valence-electron chi connectivity index (χ0n) is 15.7. The van der Waals surface area contributed by atoms with Crippen LogP contribution < -0.4 is 10.1 Å². The fourth-order valence-electron chi connectivity index (χ4n) is 3.83. The number of aromatic nitrogens is 3. The number of amides is 1. The average Bonchev–Trinajstić information content (AvgIpc) is 3.25. The van der Waals surface area contributed by atoms with Gasteiger partial charge >= 0.3 is 0 Å². The van der Waals surface area contributed by atoms with E-state index in [1.807, 2.05) is 41.1 Å². The third-order valence-electron chi connectivity index (χ3n) is 5.55. The van der Waals surface area contributed by atoms with Gasteiger partial charge in [0.25, 0.3) is 0 Å². The predicted molar refractivity (Wildman–Crippen MR) is 109 cm³/mol. The van der Waals surface area contributed by atoms with Crippen LogP contribution in [0, 0.1) is 0 Å². The number of pyridine rings is 1. The van der Waals surface area contributed by atoms with Crippen LogP contribution in [0.1, 0.15) is 19.3 Å². The number of H-pyrrole nitrogens is 1. The molecule has 0 saturated heterocycles. The highest BCUT2D eigenvalue weighted by atomic mass is 16.5. The van der Waals surface area contributed by atoms with E-state index in [4.69, 9.17) is 4.74 Å². The normalized spacial score (nSPS) is 14.3. The Balaban J connectivity index is 1.58. The van der Waals surface area contributed by atoms with E-state index in [2.05, 4.69) is 21.4 Å². The van der Waals surface area contributed by atoms with E-state index in [9.17, 15) is 4.79 Å². The molecule has 1 saturated carbocycles. The summed E-state index contributed by atoms with van der Waals surface area (Å²) in [6.07, 6.45) is 7.19. The molecule has 1 aliphatic carbocycles. The van der Waals surface area contributed by atoms with Gasteiger partial charge in [0.05, 0.1) is 7.11 Å². The molecule has 1 aromatic carbocycles. The van der Waals surface area contributed by atoms with E-state index in [-0.39, 0.29) is 5.91 Å². The molecule has 142 valence electrons. The SMILES string of the molecule is COc1ccc2c(c1)c(-c1cc3cccnc3[nH]1)cn2CC(=O)NC1CCC1. The van der Waals surface area contributed by atoms with E-state index < -0.39 is 0 Å². The van der Waals surface area contributed by atoms with E-state index in [0.717, 1.165) is 51.8 Å². The summed E-state index contributed by atoms with van der Waals surface area (Å²) in [7, 11) is 1.66. The average molecular weight is 374 g/mol. The number of aromatic amines is 1. The monoisotopic (exact) mass is 374 g/mol. The first-order valence-electron chi connectivity index (χ1n) is 9.61. The summed E-state index contributed by atoms with van der Waals surface area (Å²) in [5, 5.41) is 5.22. The maximum atomic E-state index is 12.5. The molecule has 3 heterocycles. The number of ether oxygens (including phenoxy) is 1. The summed E-state index contributed by atoms with van der Waals surface area (Å²) in [5.41, 5.74) is 3.86. The van der Waals surface area contributed by atoms with Gasteiger partial charge in [0, 0.05) is 46.0 Å². The molecule has 2 N–H and O–H groups in total. The van der Waals surface area contributed by atoms with Gasteiger partial charge in [0.15, 0.2) is 0 Å². The fourth-order valence-corrected chi connectivity index (χ4v) is 3.83. The second-order valence-electron chi connectivity index (χ2n) is 7.37. The van der Waals surface area contributed by atoms with E-state index >= 15 is 0 Å². The Hall–Kier alpha value is -3.28. The molecule has 0 unspecified atom stereocenters. The minimum Gasteiger partial charge on any atom is -0.497 e. The lowest BCUT2D eigenvalue weighted by Gasteiger charge is -2.26. The molecular weight excluding hydrogens is 352 g/mol. The number of methoxy groups -OCH3 is 1. The quantitative estimate of drug-likeness (QED) is 0.557. The van der Waals surface area contributed by atoms with Crippen LogP contribution in [-0.4, -0.2) is 33.6 Å². The molecule has 6 heteroatoms. The lowest BCUT2D eigenvalue weighted by atomic mass is 9.93. The Morgan fingerprint density at radius 3 is 2.96 bits per heavy atom. The summed E-state index contributed by atoms with van der Waals surface area (Å²) in [6.45, 7) is 0.303. The molecule has 28 heavy (non-hydrogen) atoms. The van der Waals surface area contributed by atoms with Crippen LogP contribution >= 0.6 is 0 Å². The number of fused-ring (bicyclic) bond motifs is 2. The van der Waals surface area contributed by atoms with Crippen molar-refractivity contribution < 1.29 is 9.53 Å². The van der Waals surface area contributed by atoms with Gasteiger partial charge in [-0.3, -0.25) is 4.79 Å². The number of hydrogen-bond acceptors (Lipinski definition) is 3. The number of nitrogens with zero attached hydrogens (tertiary/aromatic N) is 2. The molecule has 1 amide bonds. The van der Waals surface area contributed by atoms with Gasteiger partial charge in [-0.2, -0.15) is 0 Å². The van der Waals surface area contributed by atoms with E-state index in [1.165, 1.54) is 6.42 Å². The third-order valence-corrected chi connectivity index (χ3v) is 5.55. The molecule has 3 aromatic heterocycles. The van der Waals surface area contributed by atoms with Crippen LogP contribution in [0.4, 0.5) is 0 Å². The van der Waals surface area contributed by atoms with Gasteiger partial charge in [-0.15, -0.1) is 0 Å². The van der Waals surface area contributed by atoms with Gasteiger partial charge in [0.1, 0.15) is 17.9 Å². The minimum atomic E-state index is 0.0577. The highest BCUT2D eigenvalue weighted by Crippen LogP contribution is 2.34. The molecule has 0 atom stereocenters. The second-order valence-corrected chi connectivity index (χ2v) is 7.37. The molecule has 0 aliphatic heterocycles. The zero-order valence-corrected chi connectivity index (χ0v) is 15.7. The fraction of sp³-hybridized carbons (Fsp3) is 0.273. The number of hydrogen-bond donors (Lipinski definition) is 2. The topological polar surface area (TPSA) is 71.9 Å². The van der Waals surface area contributed by atoms with Crippen molar-refractivity contribution in [1.82, 2.24) is 19.9 Å². The lowest BCUT2D eigenvalue weighted by Crippen LogP contribution is -2.41. The first kappa shape index (κ1) is 16.9. The van der Waals surface area contributed by atoms with Crippen LogP contribution in [0.25, 0.3) is 33.2 Å². The second kappa shape index (κ2) is 6.71. The van der Waals surface area contributed by atoms with Crippen LogP contribution in [0.3, 0.4) is 0 Å². The van der Waals surface area contributed by atoms with Crippen LogP contribution in [0.15, 0.2) is 48.8 Å². The molecule has 1 aliphatic rings. The van der Waals surface area contributed by atoms with Crippen molar-refractivity contribution in [1.29, 1.82) is 0 Å². The van der Waals surface area contributed by atoms with Crippen molar-refractivity contribution in [3.8, 4) is 17.0 Å². The first-order valence-corrected chi connectivity index (χ1v) is 9.61. The van der Waals surface area contributed by atoms with Crippen molar-refractivity contribution in [2.75, 3.05) is 7.11 Å². The summed E-state index contributed by atoms with van der Waals surface area (Å²) >= 11 is 0. The largest absolute Gasteiger partial charge is 0.497 e. The van der Waals surface area contributed by atoms with E-state index in [0.29, 0.717) is 12.6 Å².